The van der Waals surface area contributed by atoms with E-state index < -0.39 is 10.0 Å². The SMILES string of the molecule is Cc1cc(S(=O)(=O)N2CCN(C(=O)CN)CC2)c(C)s1.Cl. The Morgan fingerprint density at radius 2 is 1.86 bits per heavy atom. The van der Waals surface area contributed by atoms with Crippen molar-refractivity contribution >= 4 is 39.7 Å². The number of thiophene rings is 1. The summed E-state index contributed by atoms with van der Waals surface area (Å²) < 4.78 is 26.6. The van der Waals surface area contributed by atoms with E-state index in [0.29, 0.717) is 31.1 Å². The number of hydrogen-bond acceptors (Lipinski definition) is 5. The van der Waals surface area contributed by atoms with Crippen LogP contribution in [0.3, 0.4) is 0 Å². The van der Waals surface area contributed by atoms with Gasteiger partial charge in [0, 0.05) is 35.9 Å². The molecule has 1 aliphatic rings. The minimum absolute atomic E-state index is 0. The Morgan fingerprint density at radius 1 is 1.29 bits per heavy atom. The van der Waals surface area contributed by atoms with E-state index in [0.717, 1.165) is 9.75 Å². The molecule has 1 aliphatic heterocycles. The number of nitrogens with two attached hydrogens (primary N) is 1. The number of carbonyl (C=O) groups excluding carboxylic acids is 1. The van der Waals surface area contributed by atoms with Gasteiger partial charge in [-0.3, -0.25) is 4.79 Å². The molecule has 9 heteroatoms. The molecule has 1 fully saturated rings. The lowest BCUT2D eigenvalue weighted by molar-refractivity contribution is -0.130. The predicted molar refractivity (Wildman–Crippen MR) is 85.4 cm³/mol. The number of nitrogens with zero attached hydrogens (tertiary/aromatic N) is 2. The van der Waals surface area contributed by atoms with Gasteiger partial charge in [-0.25, -0.2) is 8.42 Å². The molecule has 0 spiro atoms. The van der Waals surface area contributed by atoms with Gasteiger partial charge in [-0.2, -0.15) is 4.31 Å². The minimum atomic E-state index is -3.45. The van der Waals surface area contributed by atoms with Gasteiger partial charge in [-0.05, 0) is 19.9 Å². The molecule has 0 unspecified atom stereocenters. The third-order valence-electron chi connectivity index (χ3n) is 3.38. The predicted octanol–water partition coefficient (Wildman–Crippen LogP) is 0.578. The molecule has 1 aromatic rings. The van der Waals surface area contributed by atoms with Gasteiger partial charge >= 0.3 is 0 Å². The van der Waals surface area contributed by atoms with E-state index >= 15 is 0 Å². The van der Waals surface area contributed by atoms with E-state index in [2.05, 4.69) is 0 Å². The fourth-order valence-electron chi connectivity index (χ4n) is 2.31. The Labute approximate surface area is 135 Å². The van der Waals surface area contributed by atoms with Gasteiger partial charge in [-0.1, -0.05) is 0 Å². The van der Waals surface area contributed by atoms with Crippen LogP contribution < -0.4 is 5.73 Å². The molecule has 2 N–H and O–H groups in total. The van der Waals surface area contributed by atoms with E-state index in [1.54, 1.807) is 11.0 Å². The van der Waals surface area contributed by atoms with Crippen molar-refractivity contribution in [3.05, 3.63) is 15.8 Å². The molecule has 2 heterocycles. The molecule has 0 aromatic carbocycles. The largest absolute Gasteiger partial charge is 0.339 e. The number of sulfonamides is 1. The second kappa shape index (κ2) is 7.06. The first-order chi connectivity index (χ1) is 9.36. The maximum atomic E-state index is 12.6. The van der Waals surface area contributed by atoms with Crippen molar-refractivity contribution < 1.29 is 13.2 Å². The van der Waals surface area contributed by atoms with Gasteiger partial charge in [-0.15, -0.1) is 23.7 Å². The average Bonchev–Trinajstić information content (AvgIpc) is 2.77. The van der Waals surface area contributed by atoms with Crippen LogP contribution in [0.1, 0.15) is 9.75 Å². The summed E-state index contributed by atoms with van der Waals surface area (Å²) in [6, 6.07) is 1.72. The highest BCUT2D eigenvalue weighted by molar-refractivity contribution is 7.89. The maximum Gasteiger partial charge on any atom is 0.244 e. The van der Waals surface area contributed by atoms with Crippen LogP contribution in [0.15, 0.2) is 11.0 Å². The lowest BCUT2D eigenvalue weighted by atomic mass is 10.3. The summed E-state index contributed by atoms with van der Waals surface area (Å²) in [7, 11) is -3.45. The Bertz CT molecular complexity index is 607. The Hall–Kier alpha value is -0.670. The number of aryl methyl sites for hydroxylation is 2. The molecule has 0 radical (unpaired) electrons. The molecular formula is C12H20ClN3O3S2. The Morgan fingerprint density at radius 3 is 2.29 bits per heavy atom. The lowest BCUT2D eigenvalue weighted by Crippen LogP contribution is -2.51. The topological polar surface area (TPSA) is 83.7 Å². The Kier molecular flexibility index (Phi) is 6.18. The molecule has 6 nitrogen and oxygen atoms in total. The lowest BCUT2D eigenvalue weighted by Gasteiger charge is -2.33. The van der Waals surface area contributed by atoms with Crippen LogP contribution in [0.4, 0.5) is 0 Å². The van der Waals surface area contributed by atoms with E-state index in [9.17, 15) is 13.2 Å². The normalized spacial score (nSPS) is 16.6. The van der Waals surface area contributed by atoms with Crippen molar-refractivity contribution in [2.24, 2.45) is 5.73 Å². The number of piperazine rings is 1. The number of rotatable bonds is 3. The van der Waals surface area contributed by atoms with Crippen LogP contribution in [-0.2, 0) is 14.8 Å². The van der Waals surface area contributed by atoms with E-state index in [4.69, 9.17) is 5.73 Å². The third kappa shape index (κ3) is 3.75. The highest BCUT2D eigenvalue weighted by atomic mass is 35.5. The van der Waals surface area contributed by atoms with Gasteiger partial charge in [0.25, 0.3) is 0 Å². The first kappa shape index (κ1) is 18.4. The monoisotopic (exact) mass is 353 g/mol. The third-order valence-corrected chi connectivity index (χ3v) is 6.50. The zero-order chi connectivity index (χ0) is 14.9. The first-order valence-electron chi connectivity index (χ1n) is 6.41. The van der Waals surface area contributed by atoms with Crippen LogP contribution in [-0.4, -0.2) is 56.3 Å². The van der Waals surface area contributed by atoms with E-state index in [1.807, 2.05) is 13.8 Å². The molecule has 0 aliphatic carbocycles. The van der Waals surface area contributed by atoms with Crippen molar-refractivity contribution in [2.75, 3.05) is 32.7 Å². The molecule has 1 amide bonds. The summed E-state index contributed by atoms with van der Waals surface area (Å²) in [5, 5.41) is 0. The molecule has 0 bridgehead atoms. The summed E-state index contributed by atoms with van der Waals surface area (Å²) in [5.41, 5.74) is 5.32. The number of halogens is 1. The zero-order valence-electron chi connectivity index (χ0n) is 12.0. The second-order valence-corrected chi connectivity index (χ2v) is 8.13. The van der Waals surface area contributed by atoms with Crippen molar-refractivity contribution in [1.82, 2.24) is 9.21 Å². The summed E-state index contributed by atoms with van der Waals surface area (Å²) in [6.45, 7) is 5.13. The zero-order valence-corrected chi connectivity index (χ0v) is 14.5. The van der Waals surface area contributed by atoms with Gasteiger partial charge in [0.05, 0.1) is 11.4 Å². The molecule has 21 heavy (non-hydrogen) atoms. The average molecular weight is 354 g/mol. The molecule has 120 valence electrons. The van der Waals surface area contributed by atoms with Crippen LogP contribution in [0.25, 0.3) is 0 Å². The van der Waals surface area contributed by atoms with E-state index in [1.165, 1.54) is 15.6 Å². The van der Waals surface area contributed by atoms with Crippen molar-refractivity contribution in [3.63, 3.8) is 0 Å². The van der Waals surface area contributed by atoms with Crippen molar-refractivity contribution in [2.45, 2.75) is 18.7 Å². The van der Waals surface area contributed by atoms with E-state index in [-0.39, 0.29) is 24.9 Å². The van der Waals surface area contributed by atoms with Gasteiger partial charge in [0.1, 0.15) is 0 Å². The fraction of sp³-hybridized carbons (Fsp3) is 0.583. The number of amides is 1. The molecule has 1 saturated heterocycles. The standard InChI is InChI=1S/C12H19N3O3S2.ClH/c1-9-7-11(10(2)19-9)20(17,18)15-5-3-14(4-6-15)12(16)8-13;/h7H,3-6,8,13H2,1-2H3;1H. The number of hydrogen-bond donors (Lipinski definition) is 1. The van der Waals surface area contributed by atoms with Gasteiger partial charge in [0.2, 0.25) is 15.9 Å². The maximum absolute atomic E-state index is 12.6. The molecule has 2 rings (SSSR count). The minimum Gasteiger partial charge on any atom is -0.339 e. The van der Waals surface area contributed by atoms with Crippen LogP contribution in [0.5, 0.6) is 0 Å². The van der Waals surface area contributed by atoms with Crippen molar-refractivity contribution in [1.29, 1.82) is 0 Å². The first-order valence-corrected chi connectivity index (χ1v) is 8.67. The van der Waals surface area contributed by atoms with Crippen LogP contribution >= 0.6 is 23.7 Å². The summed E-state index contributed by atoms with van der Waals surface area (Å²) >= 11 is 1.48. The smallest absolute Gasteiger partial charge is 0.244 e. The summed E-state index contributed by atoms with van der Waals surface area (Å²) in [5.74, 6) is -0.135. The summed E-state index contributed by atoms with van der Waals surface area (Å²) in [4.78, 5) is 15.3. The molecule has 0 saturated carbocycles. The van der Waals surface area contributed by atoms with Crippen molar-refractivity contribution in [3.8, 4) is 0 Å². The van der Waals surface area contributed by atoms with Crippen LogP contribution in [0, 0.1) is 13.8 Å². The highest BCUT2D eigenvalue weighted by Crippen LogP contribution is 2.28. The molecular weight excluding hydrogens is 334 g/mol. The van der Waals surface area contributed by atoms with Gasteiger partial charge < -0.3 is 10.6 Å². The molecule has 1 aromatic heterocycles. The van der Waals surface area contributed by atoms with Gasteiger partial charge in [0.15, 0.2) is 0 Å². The molecule has 0 atom stereocenters. The quantitative estimate of drug-likeness (QED) is 0.861. The summed E-state index contributed by atoms with van der Waals surface area (Å²) in [6.07, 6.45) is 0. The van der Waals surface area contributed by atoms with Crippen LogP contribution in [0.2, 0.25) is 0 Å². The second-order valence-electron chi connectivity index (χ2n) is 4.77. The number of carbonyl (C=O) groups is 1. The fourth-order valence-corrected chi connectivity index (χ4v) is 5.26. The Balaban J connectivity index is 0.00000220. The highest BCUT2D eigenvalue weighted by Gasteiger charge is 2.31.